The van der Waals surface area contributed by atoms with Crippen LogP contribution in [-0.2, 0) is 20.6 Å². The van der Waals surface area contributed by atoms with Crippen molar-refractivity contribution in [3.05, 3.63) is 60.2 Å². The van der Waals surface area contributed by atoms with Crippen LogP contribution in [0.4, 0.5) is 5.69 Å². The molecule has 0 radical (unpaired) electrons. The van der Waals surface area contributed by atoms with E-state index in [1.165, 1.54) is 4.31 Å². The summed E-state index contributed by atoms with van der Waals surface area (Å²) in [5.74, 6) is 0.0125. The number of carbonyl (C=O) groups is 1. The summed E-state index contributed by atoms with van der Waals surface area (Å²) in [7, 11) is -3.46. The normalized spacial score (nSPS) is 17.8. The molecule has 150 valence electrons. The van der Waals surface area contributed by atoms with Crippen molar-refractivity contribution in [3.63, 3.8) is 0 Å². The van der Waals surface area contributed by atoms with Gasteiger partial charge in [-0.1, -0.05) is 42.5 Å². The number of nitrogens with one attached hydrogen (secondary N) is 1. The summed E-state index contributed by atoms with van der Waals surface area (Å²) in [5.41, 5.74) is 1.36. The summed E-state index contributed by atoms with van der Waals surface area (Å²) in [6, 6.07) is 16.4. The second-order valence-electron chi connectivity index (χ2n) is 6.86. The van der Waals surface area contributed by atoms with E-state index in [4.69, 9.17) is 4.74 Å². The molecule has 1 amide bonds. The molecule has 28 heavy (non-hydrogen) atoms. The largest absolute Gasteiger partial charge is 0.492 e. The number of hydrogen-bond acceptors (Lipinski definition) is 4. The fourth-order valence-corrected chi connectivity index (χ4v) is 4.98. The van der Waals surface area contributed by atoms with Crippen LogP contribution in [-0.4, -0.2) is 38.3 Å². The van der Waals surface area contributed by atoms with Crippen LogP contribution in [0.2, 0.25) is 0 Å². The molecule has 0 aromatic heterocycles. The van der Waals surface area contributed by atoms with Crippen molar-refractivity contribution in [2.24, 2.45) is 5.92 Å². The first-order chi connectivity index (χ1) is 13.5. The molecule has 0 spiro atoms. The molecule has 0 saturated carbocycles. The van der Waals surface area contributed by atoms with Crippen molar-refractivity contribution in [3.8, 4) is 5.75 Å². The lowest BCUT2D eigenvalue weighted by molar-refractivity contribution is -0.120. The van der Waals surface area contributed by atoms with Gasteiger partial charge in [0.1, 0.15) is 5.75 Å². The standard InChI is InChI=1S/C21H26N2O4S/c1-2-27-20-13-7-6-12-19(20)22-21(24)18-11-8-14-23(15-18)28(25,26)16-17-9-4-3-5-10-17/h3-7,9-10,12-13,18H,2,8,11,14-16H2,1H3,(H,22,24). The minimum absolute atomic E-state index is 0.0463. The van der Waals surface area contributed by atoms with Gasteiger partial charge >= 0.3 is 0 Å². The zero-order chi connectivity index (χ0) is 20.0. The average Bonchev–Trinajstić information content (AvgIpc) is 2.70. The number of amides is 1. The maximum Gasteiger partial charge on any atom is 0.228 e. The van der Waals surface area contributed by atoms with E-state index < -0.39 is 10.0 Å². The number of sulfonamides is 1. The molecule has 6 nitrogen and oxygen atoms in total. The Morgan fingerprint density at radius 1 is 1.14 bits per heavy atom. The number of carbonyl (C=O) groups excluding carboxylic acids is 1. The Morgan fingerprint density at radius 3 is 2.61 bits per heavy atom. The van der Waals surface area contributed by atoms with Crippen LogP contribution < -0.4 is 10.1 Å². The lowest BCUT2D eigenvalue weighted by Gasteiger charge is -2.31. The number of rotatable bonds is 7. The second-order valence-corrected chi connectivity index (χ2v) is 8.83. The van der Waals surface area contributed by atoms with Gasteiger partial charge in [0.2, 0.25) is 15.9 Å². The van der Waals surface area contributed by atoms with Crippen LogP contribution in [0, 0.1) is 5.92 Å². The monoisotopic (exact) mass is 402 g/mol. The second kappa shape index (κ2) is 9.21. The summed E-state index contributed by atoms with van der Waals surface area (Å²) in [6.45, 7) is 3.04. The SMILES string of the molecule is CCOc1ccccc1NC(=O)C1CCCN(S(=O)(=O)Cc2ccccc2)C1. The molecule has 0 bridgehead atoms. The molecule has 1 N–H and O–H groups in total. The van der Waals surface area contributed by atoms with Gasteiger partial charge in [0.25, 0.3) is 0 Å². The van der Waals surface area contributed by atoms with Gasteiger partial charge in [-0.05, 0) is 37.5 Å². The molecule has 1 atom stereocenters. The highest BCUT2D eigenvalue weighted by molar-refractivity contribution is 7.88. The van der Waals surface area contributed by atoms with E-state index in [9.17, 15) is 13.2 Å². The zero-order valence-electron chi connectivity index (χ0n) is 16.0. The molecule has 1 fully saturated rings. The average molecular weight is 403 g/mol. The molecule has 1 saturated heterocycles. The maximum absolute atomic E-state index is 12.8. The van der Waals surface area contributed by atoms with E-state index in [1.807, 2.05) is 37.3 Å². The Morgan fingerprint density at radius 2 is 1.86 bits per heavy atom. The zero-order valence-corrected chi connectivity index (χ0v) is 16.8. The van der Waals surface area contributed by atoms with Crippen molar-refractivity contribution in [2.45, 2.75) is 25.5 Å². The smallest absolute Gasteiger partial charge is 0.228 e. The molecule has 1 unspecified atom stereocenters. The number of anilines is 1. The molecule has 1 aliphatic heterocycles. The van der Waals surface area contributed by atoms with Gasteiger partial charge in [0.15, 0.2) is 0 Å². The molecule has 2 aromatic rings. The Kier molecular flexibility index (Phi) is 6.70. The van der Waals surface area contributed by atoms with Gasteiger partial charge < -0.3 is 10.1 Å². The van der Waals surface area contributed by atoms with Crippen molar-refractivity contribution < 1.29 is 17.9 Å². The number of benzene rings is 2. The Balaban J connectivity index is 1.67. The first-order valence-corrected chi connectivity index (χ1v) is 11.1. The minimum Gasteiger partial charge on any atom is -0.492 e. The number of ether oxygens (including phenoxy) is 1. The molecule has 1 aliphatic rings. The van der Waals surface area contributed by atoms with Crippen LogP contribution in [0.1, 0.15) is 25.3 Å². The minimum atomic E-state index is -3.46. The van der Waals surface area contributed by atoms with Crippen LogP contribution in [0.15, 0.2) is 54.6 Å². The van der Waals surface area contributed by atoms with E-state index in [1.54, 1.807) is 24.3 Å². The van der Waals surface area contributed by atoms with Gasteiger partial charge in [0, 0.05) is 13.1 Å². The van der Waals surface area contributed by atoms with E-state index in [0.29, 0.717) is 37.4 Å². The highest BCUT2D eigenvalue weighted by Crippen LogP contribution is 2.27. The quantitative estimate of drug-likeness (QED) is 0.771. The predicted octanol–water partition coefficient (Wildman–Crippen LogP) is 3.27. The molecular weight excluding hydrogens is 376 g/mol. The van der Waals surface area contributed by atoms with Crippen molar-refractivity contribution >= 4 is 21.6 Å². The molecule has 7 heteroatoms. The fourth-order valence-electron chi connectivity index (χ4n) is 3.37. The van der Waals surface area contributed by atoms with Crippen LogP contribution in [0.3, 0.4) is 0 Å². The number of para-hydroxylation sites is 2. The van der Waals surface area contributed by atoms with Gasteiger partial charge in [-0.2, -0.15) is 0 Å². The molecule has 1 heterocycles. The number of hydrogen-bond donors (Lipinski definition) is 1. The number of nitrogens with zero attached hydrogens (tertiary/aromatic N) is 1. The Labute approximate surface area is 166 Å². The predicted molar refractivity (Wildman–Crippen MR) is 110 cm³/mol. The molecular formula is C21H26N2O4S. The van der Waals surface area contributed by atoms with Crippen molar-refractivity contribution in [1.82, 2.24) is 4.31 Å². The first-order valence-electron chi connectivity index (χ1n) is 9.54. The summed E-state index contributed by atoms with van der Waals surface area (Å²) < 4.78 is 32.6. The van der Waals surface area contributed by atoms with E-state index in [2.05, 4.69) is 5.32 Å². The molecule has 2 aromatic carbocycles. The topological polar surface area (TPSA) is 75.7 Å². The summed E-state index contributed by atoms with van der Waals surface area (Å²) in [4.78, 5) is 12.8. The fraction of sp³-hybridized carbons (Fsp3) is 0.381. The van der Waals surface area contributed by atoms with Crippen LogP contribution >= 0.6 is 0 Å². The van der Waals surface area contributed by atoms with Gasteiger partial charge in [-0.3, -0.25) is 4.79 Å². The van der Waals surface area contributed by atoms with Gasteiger partial charge in [-0.15, -0.1) is 0 Å². The van der Waals surface area contributed by atoms with Crippen molar-refractivity contribution in [2.75, 3.05) is 25.0 Å². The lowest BCUT2D eigenvalue weighted by atomic mass is 9.98. The highest BCUT2D eigenvalue weighted by Gasteiger charge is 2.32. The first kappa shape index (κ1) is 20.4. The summed E-state index contributed by atoms with van der Waals surface area (Å²) in [5, 5.41) is 2.90. The summed E-state index contributed by atoms with van der Waals surface area (Å²) >= 11 is 0. The van der Waals surface area contributed by atoms with E-state index in [-0.39, 0.29) is 24.1 Å². The molecule has 0 aliphatic carbocycles. The third-order valence-corrected chi connectivity index (χ3v) is 6.60. The highest BCUT2D eigenvalue weighted by atomic mass is 32.2. The molecule has 3 rings (SSSR count). The summed E-state index contributed by atoms with van der Waals surface area (Å²) in [6.07, 6.45) is 1.33. The van der Waals surface area contributed by atoms with Crippen LogP contribution in [0.5, 0.6) is 5.75 Å². The van der Waals surface area contributed by atoms with Crippen molar-refractivity contribution in [1.29, 1.82) is 0 Å². The van der Waals surface area contributed by atoms with Gasteiger partial charge in [0.05, 0.1) is 24.0 Å². The Hall–Kier alpha value is -2.38. The van der Waals surface area contributed by atoms with E-state index in [0.717, 1.165) is 5.56 Å². The van der Waals surface area contributed by atoms with Gasteiger partial charge in [-0.25, -0.2) is 12.7 Å². The number of piperidine rings is 1. The van der Waals surface area contributed by atoms with E-state index >= 15 is 0 Å². The Bertz CT molecular complexity index is 900. The lowest BCUT2D eigenvalue weighted by Crippen LogP contribution is -2.44. The third-order valence-electron chi connectivity index (χ3n) is 4.78. The maximum atomic E-state index is 12.8. The third kappa shape index (κ3) is 5.11. The van der Waals surface area contributed by atoms with Crippen LogP contribution in [0.25, 0.3) is 0 Å².